The summed E-state index contributed by atoms with van der Waals surface area (Å²) in [6.07, 6.45) is 6.30. The molecule has 0 aromatic heterocycles. The highest BCUT2D eigenvalue weighted by molar-refractivity contribution is 5.19. The lowest BCUT2D eigenvalue weighted by molar-refractivity contribution is 0.188. The molecule has 3 heteroatoms. The van der Waals surface area contributed by atoms with Crippen LogP contribution in [0.3, 0.4) is 0 Å². The first kappa shape index (κ1) is 16.0. The molecule has 1 aliphatic heterocycles. The highest BCUT2D eigenvalue weighted by atomic mass is 16.3. The molecular weight excluding hydrogens is 272 g/mol. The molecule has 1 aromatic carbocycles. The maximum absolute atomic E-state index is 9.33. The van der Waals surface area contributed by atoms with Crippen molar-refractivity contribution < 1.29 is 5.11 Å². The smallest absolute Gasteiger partial charge is 0.0437 e. The maximum Gasteiger partial charge on any atom is 0.0437 e. The number of likely N-dealkylation sites (tertiary alicyclic amines) is 1. The molecule has 1 saturated carbocycles. The first-order valence-electron chi connectivity index (χ1n) is 8.96. The molecule has 1 aromatic rings. The van der Waals surface area contributed by atoms with Gasteiger partial charge in [0.05, 0.1) is 0 Å². The van der Waals surface area contributed by atoms with E-state index in [4.69, 9.17) is 0 Å². The fraction of sp³-hybridized carbons (Fsp3) is 0.684. The van der Waals surface area contributed by atoms with Gasteiger partial charge in [-0.05, 0) is 62.6 Å². The summed E-state index contributed by atoms with van der Waals surface area (Å²) in [5, 5.41) is 13.1. The predicted octanol–water partition coefficient (Wildman–Crippen LogP) is 2.62. The van der Waals surface area contributed by atoms with E-state index in [1.54, 1.807) is 0 Å². The second kappa shape index (κ2) is 8.09. The van der Waals surface area contributed by atoms with Gasteiger partial charge in [-0.3, -0.25) is 0 Å². The van der Waals surface area contributed by atoms with Crippen molar-refractivity contribution in [3.63, 3.8) is 0 Å². The molecule has 2 aliphatic rings. The van der Waals surface area contributed by atoms with E-state index in [2.05, 4.69) is 40.5 Å². The Morgan fingerprint density at radius 3 is 2.45 bits per heavy atom. The van der Waals surface area contributed by atoms with E-state index in [1.807, 2.05) is 0 Å². The van der Waals surface area contributed by atoms with Gasteiger partial charge in [0.25, 0.3) is 0 Å². The number of piperidine rings is 1. The van der Waals surface area contributed by atoms with Gasteiger partial charge in [-0.25, -0.2) is 0 Å². The number of nitrogens with one attached hydrogen (secondary N) is 1. The average molecular weight is 302 g/mol. The monoisotopic (exact) mass is 302 g/mol. The van der Waals surface area contributed by atoms with Gasteiger partial charge in [0.1, 0.15) is 0 Å². The lowest BCUT2D eigenvalue weighted by Gasteiger charge is -2.33. The van der Waals surface area contributed by atoms with E-state index in [9.17, 15) is 5.11 Å². The maximum atomic E-state index is 9.33. The molecule has 0 radical (unpaired) electrons. The van der Waals surface area contributed by atoms with Crippen molar-refractivity contribution >= 4 is 0 Å². The van der Waals surface area contributed by atoms with Crippen molar-refractivity contribution in [3.8, 4) is 0 Å². The molecule has 0 amide bonds. The SMILES string of the molecule is OCCC(CNC1CCN(CC2CC2)CC1)c1ccccc1. The quantitative estimate of drug-likeness (QED) is 0.775. The van der Waals surface area contributed by atoms with E-state index >= 15 is 0 Å². The average Bonchev–Trinajstić information content (AvgIpc) is 3.38. The first-order chi connectivity index (χ1) is 10.8. The standard InChI is InChI=1S/C19H30N2O/c22-13-10-18(17-4-2-1-3-5-17)14-20-19-8-11-21(12-9-19)15-16-6-7-16/h1-5,16,18-20,22H,6-15H2. The van der Waals surface area contributed by atoms with Crippen LogP contribution in [0.5, 0.6) is 0 Å². The summed E-state index contributed by atoms with van der Waals surface area (Å²) in [7, 11) is 0. The predicted molar refractivity (Wildman–Crippen MR) is 91.1 cm³/mol. The summed E-state index contributed by atoms with van der Waals surface area (Å²) in [6.45, 7) is 5.09. The largest absolute Gasteiger partial charge is 0.396 e. The Kier molecular flexibility index (Phi) is 5.88. The summed E-state index contributed by atoms with van der Waals surface area (Å²) in [4.78, 5) is 2.65. The third-order valence-electron chi connectivity index (χ3n) is 5.20. The second-order valence-corrected chi connectivity index (χ2v) is 7.05. The van der Waals surface area contributed by atoms with E-state index < -0.39 is 0 Å². The Morgan fingerprint density at radius 2 is 1.82 bits per heavy atom. The normalized spacial score (nSPS) is 21.9. The first-order valence-corrected chi connectivity index (χ1v) is 8.96. The fourth-order valence-electron chi connectivity index (χ4n) is 3.56. The molecule has 2 N–H and O–H groups in total. The zero-order valence-electron chi connectivity index (χ0n) is 13.6. The number of aliphatic hydroxyl groups is 1. The molecule has 22 heavy (non-hydrogen) atoms. The van der Waals surface area contributed by atoms with Gasteiger partial charge in [0, 0.05) is 25.7 Å². The lowest BCUT2D eigenvalue weighted by atomic mass is 9.95. The minimum Gasteiger partial charge on any atom is -0.396 e. The second-order valence-electron chi connectivity index (χ2n) is 7.05. The summed E-state index contributed by atoms with van der Waals surface area (Å²) in [5.41, 5.74) is 1.34. The van der Waals surface area contributed by atoms with Crippen LogP contribution in [0.15, 0.2) is 30.3 Å². The van der Waals surface area contributed by atoms with Crippen LogP contribution < -0.4 is 5.32 Å². The number of hydrogen-bond donors (Lipinski definition) is 2. The molecule has 1 saturated heterocycles. The molecule has 1 atom stereocenters. The number of aliphatic hydroxyl groups excluding tert-OH is 1. The molecule has 122 valence electrons. The molecule has 3 nitrogen and oxygen atoms in total. The molecule has 1 heterocycles. The third-order valence-corrected chi connectivity index (χ3v) is 5.20. The number of hydrogen-bond acceptors (Lipinski definition) is 3. The van der Waals surface area contributed by atoms with Crippen molar-refractivity contribution in [2.24, 2.45) is 5.92 Å². The number of nitrogens with zero attached hydrogens (tertiary/aromatic N) is 1. The zero-order valence-corrected chi connectivity index (χ0v) is 13.6. The Bertz CT molecular complexity index is 424. The van der Waals surface area contributed by atoms with Crippen LogP contribution in [0.2, 0.25) is 0 Å². The van der Waals surface area contributed by atoms with Crippen LogP contribution >= 0.6 is 0 Å². The van der Waals surface area contributed by atoms with Crippen molar-refractivity contribution in [2.75, 3.05) is 32.8 Å². The number of rotatable bonds is 8. The molecule has 2 fully saturated rings. The van der Waals surface area contributed by atoms with Crippen molar-refractivity contribution in [2.45, 2.75) is 44.1 Å². The Labute approximate surface area is 134 Å². The van der Waals surface area contributed by atoms with Crippen molar-refractivity contribution in [1.29, 1.82) is 0 Å². The van der Waals surface area contributed by atoms with E-state index in [-0.39, 0.29) is 6.61 Å². The Hall–Kier alpha value is -0.900. The molecular formula is C19H30N2O. The zero-order chi connectivity index (χ0) is 15.2. The van der Waals surface area contributed by atoms with Gasteiger partial charge in [-0.15, -0.1) is 0 Å². The van der Waals surface area contributed by atoms with Gasteiger partial charge < -0.3 is 15.3 Å². The minimum absolute atomic E-state index is 0.265. The molecule has 1 unspecified atom stereocenters. The molecule has 3 rings (SSSR count). The van der Waals surface area contributed by atoms with Crippen LogP contribution in [0.25, 0.3) is 0 Å². The molecule has 1 aliphatic carbocycles. The fourth-order valence-corrected chi connectivity index (χ4v) is 3.56. The topological polar surface area (TPSA) is 35.5 Å². The van der Waals surface area contributed by atoms with Crippen LogP contribution in [0, 0.1) is 5.92 Å². The van der Waals surface area contributed by atoms with Gasteiger partial charge in [-0.1, -0.05) is 30.3 Å². The molecule has 0 bridgehead atoms. The van der Waals surface area contributed by atoms with Crippen molar-refractivity contribution in [3.05, 3.63) is 35.9 Å². The van der Waals surface area contributed by atoms with Crippen LogP contribution in [-0.2, 0) is 0 Å². The van der Waals surface area contributed by atoms with Gasteiger partial charge in [0.2, 0.25) is 0 Å². The summed E-state index contributed by atoms with van der Waals surface area (Å²) in [6, 6.07) is 11.3. The van der Waals surface area contributed by atoms with Crippen LogP contribution in [0.1, 0.15) is 43.6 Å². The summed E-state index contributed by atoms with van der Waals surface area (Å²) < 4.78 is 0. The third kappa shape index (κ3) is 4.80. The molecule has 0 spiro atoms. The van der Waals surface area contributed by atoms with Gasteiger partial charge in [0.15, 0.2) is 0 Å². The van der Waals surface area contributed by atoms with Gasteiger partial charge in [-0.2, -0.15) is 0 Å². The van der Waals surface area contributed by atoms with Crippen LogP contribution in [-0.4, -0.2) is 48.8 Å². The number of benzene rings is 1. The highest BCUT2D eigenvalue weighted by Gasteiger charge is 2.27. The van der Waals surface area contributed by atoms with Gasteiger partial charge >= 0.3 is 0 Å². The highest BCUT2D eigenvalue weighted by Crippen LogP contribution is 2.30. The van der Waals surface area contributed by atoms with E-state index in [1.165, 1.54) is 50.9 Å². The van der Waals surface area contributed by atoms with E-state index in [0.29, 0.717) is 12.0 Å². The summed E-state index contributed by atoms with van der Waals surface area (Å²) in [5.74, 6) is 1.44. The van der Waals surface area contributed by atoms with Crippen LogP contribution in [0.4, 0.5) is 0 Å². The Morgan fingerprint density at radius 1 is 1.09 bits per heavy atom. The minimum atomic E-state index is 0.265. The van der Waals surface area contributed by atoms with E-state index in [0.717, 1.165) is 18.9 Å². The lowest BCUT2D eigenvalue weighted by Crippen LogP contribution is -2.44. The Balaban J connectivity index is 1.42. The van der Waals surface area contributed by atoms with Crippen molar-refractivity contribution in [1.82, 2.24) is 10.2 Å². The summed E-state index contributed by atoms with van der Waals surface area (Å²) >= 11 is 0.